The summed E-state index contributed by atoms with van der Waals surface area (Å²) in [7, 11) is 0. The number of alkyl halides is 3. The van der Waals surface area contributed by atoms with Gasteiger partial charge in [0.05, 0.1) is 22.4 Å². The molecule has 2 N–H and O–H groups in total. The van der Waals surface area contributed by atoms with Crippen molar-refractivity contribution >= 4 is 62.6 Å². The van der Waals surface area contributed by atoms with Gasteiger partial charge in [0.15, 0.2) is 10.8 Å². The number of anilines is 2. The molecule has 0 saturated heterocycles. The molecule has 3 heterocycles. The van der Waals surface area contributed by atoms with Gasteiger partial charge in [0.1, 0.15) is 11.3 Å². The largest absolute Gasteiger partial charge is 0.494 e. The molecule has 37 heavy (non-hydrogen) atoms. The van der Waals surface area contributed by atoms with Gasteiger partial charge >= 0.3 is 12.1 Å². The highest BCUT2D eigenvalue weighted by molar-refractivity contribution is 7.78. The first-order chi connectivity index (χ1) is 17.7. The number of nitrogens with zero attached hydrogens (tertiary/aromatic N) is 4. The second kappa shape index (κ2) is 12.0. The number of imidazole rings is 1. The molecule has 0 aliphatic carbocycles. The van der Waals surface area contributed by atoms with E-state index in [1.54, 1.807) is 0 Å². The van der Waals surface area contributed by atoms with Gasteiger partial charge < -0.3 is 15.2 Å². The Kier molecular flexibility index (Phi) is 8.75. The van der Waals surface area contributed by atoms with Gasteiger partial charge in [-0.3, -0.25) is 0 Å². The van der Waals surface area contributed by atoms with Crippen molar-refractivity contribution in [3.8, 4) is 5.75 Å². The Bertz CT molecular complexity index is 1370. The molecule has 1 aromatic carbocycles. The van der Waals surface area contributed by atoms with Crippen LogP contribution in [0.25, 0.3) is 21.4 Å². The summed E-state index contributed by atoms with van der Waals surface area (Å²) >= 11 is 5.82. The molecule has 4 rings (SSSR count). The Morgan fingerprint density at radius 3 is 2.51 bits per heavy atom. The number of carboxylic acids is 1. The number of aromatic carboxylic acids is 1. The molecule has 0 fully saturated rings. The molecule has 0 bridgehead atoms. The van der Waals surface area contributed by atoms with Gasteiger partial charge in [-0.2, -0.15) is 13.2 Å². The predicted molar refractivity (Wildman–Crippen MR) is 140 cm³/mol. The summed E-state index contributed by atoms with van der Waals surface area (Å²) in [6.45, 7) is 0.568. The maximum Gasteiger partial charge on any atom is 0.389 e. The number of nitrogens with one attached hydrogen (secondary N) is 1. The van der Waals surface area contributed by atoms with E-state index < -0.39 is 18.6 Å². The molecule has 0 saturated carbocycles. The van der Waals surface area contributed by atoms with Crippen LogP contribution in [0.1, 0.15) is 61.7 Å². The second-order valence-corrected chi connectivity index (χ2v) is 10.0. The summed E-state index contributed by atoms with van der Waals surface area (Å²) in [4.78, 5) is 24.2. The van der Waals surface area contributed by atoms with Gasteiger partial charge in [0, 0.05) is 12.6 Å². The van der Waals surface area contributed by atoms with E-state index in [0.717, 1.165) is 48.1 Å². The Morgan fingerprint density at radius 1 is 1.05 bits per heavy atom. The van der Waals surface area contributed by atoms with Crippen LogP contribution in [0.3, 0.4) is 0 Å². The van der Waals surface area contributed by atoms with Crippen LogP contribution in [0.15, 0.2) is 30.5 Å². The van der Waals surface area contributed by atoms with Gasteiger partial charge in [0.25, 0.3) is 0 Å². The van der Waals surface area contributed by atoms with E-state index in [1.807, 2.05) is 18.2 Å². The molecule has 0 amide bonds. The number of pyridine rings is 1. The number of halogens is 3. The summed E-state index contributed by atoms with van der Waals surface area (Å²) in [5.74, 6) is 0.0195. The number of carbonyl (C=O) groups is 1. The van der Waals surface area contributed by atoms with Crippen LogP contribution in [-0.2, 0) is 0 Å². The fraction of sp³-hybridized carbons (Fsp3) is 0.417. The van der Waals surface area contributed by atoms with Crippen molar-refractivity contribution in [2.75, 3.05) is 11.9 Å². The first kappa shape index (κ1) is 27.0. The van der Waals surface area contributed by atoms with Crippen LogP contribution in [0.5, 0.6) is 5.75 Å². The van der Waals surface area contributed by atoms with Crippen molar-refractivity contribution in [3.05, 3.63) is 36.0 Å². The number of thiazole rings is 1. The molecule has 0 atom stereocenters. The number of ether oxygens (including phenoxy) is 1. The molecule has 0 unspecified atom stereocenters. The van der Waals surface area contributed by atoms with E-state index in [1.165, 1.54) is 27.6 Å². The van der Waals surface area contributed by atoms with Crippen molar-refractivity contribution in [1.82, 2.24) is 18.9 Å². The third-order valence-corrected chi connectivity index (χ3v) is 6.99. The van der Waals surface area contributed by atoms with Crippen molar-refractivity contribution in [2.45, 2.75) is 57.5 Å². The molecule has 3 aromatic heterocycles. The number of hydrogen-bond acceptors (Lipinski definition) is 8. The molecule has 13 heteroatoms. The van der Waals surface area contributed by atoms with Gasteiger partial charge in [-0.05, 0) is 37.1 Å². The van der Waals surface area contributed by atoms with Crippen LogP contribution in [-0.4, -0.2) is 42.8 Å². The number of aromatic nitrogens is 4. The number of carboxylic acid groups (broad SMARTS) is 1. The maximum atomic E-state index is 12.1. The minimum atomic E-state index is -4.05. The van der Waals surface area contributed by atoms with E-state index >= 15 is 0 Å². The molecule has 4 aromatic rings. The number of rotatable bonds is 13. The van der Waals surface area contributed by atoms with Crippen LogP contribution < -0.4 is 10.1 Å². The maximum absolute atomic E-state index is 12.1. The van der Waals surface area contributed by atoms with Crippen LogP contribution >= 0.6 is 24.2 Å². The van der Waals surface area contributed by atoms with Crippen molar-refractivity contribution in [1.29, 1.82) is 0 Å². The monoisotopic (exact) mass is 553 g/mol. The number of unbranched alkanes of at least 4 members (excludes halogenated alkanes) is 6. The smallest absolute Gasteiger partial charge is 0.389 e. The first-order valence-electron chi connectivity index (χ1n) is 11.9. The van der Waals surface area contributed by atoms with Crippen LogP contribution in [0.2, 0.25) is 0 Å². The Morgan fingerprint density at radius 2 is 1.78 bits per heavy atom. The summed E-state index contributed by atoms with van der Waals surface area (Å²) < 4.78 is 44.6. The van der Waals surface area contributed by atoms with E-state index in [2.05, 4.69) is 33.1 Å². The number of hydrogen-bond donors (Lipinski definition) is 3. The zero-order valence-corrected chi connectivity index (χ0v) is 21.5. The Hall–Kier alpha value is -3.06. The molecule has 0 aliphatic rings. The van der Waals surface area contributed by atoms with E-state index in [4.69, 9.17) is 9.84 Å². The molecule has 8 nitrogen and oxygen atoms in total. The quantitative estimate of drug-likeness (QED) is 0.118. The fourth-order valence-electron chi connectivity index (χ4n) is 3.80. The molecule has 0 aliphatic heterocycles. The lowest BCUT2D eigenvalue weighted by Crippen LogP contribution is -2.06. The Balaban J connectivity index is 1.24. The zero-order chi connectivity index (χ0) is 26.4. The lowest BCUT2D eigenvalue weighted by molar-refractivity contribution is -0.135. The predicted octanol–water partition coefficient (Wildman–Crippen LogP) is 7.24. The fourth-order valence-corrected chi connectivity index (χ4v) is 4.93. The molecule has 0 radical (unpaired) electrons. The number of thiol groups is 1. The lowest BCUT2D eigenvalue weighted by atomic mass is 10.1. The van der Waals surface area contributed by atoms with Crippen LogP contribution in [0, 0.1) is 0 Å². The summed E-state index contributed by atoms with van der Waals surface area (Å²) in [5, 5.41) is 12.9. The summed E-state index contributed by atoms with van der Waals surface area (Å²) in [6, 6.07) is 7.09. The SMILES string of the molecule is O=C(O)c1cnc2c(c1)nc(Nc1nc3ccc(OCCCCCCCCCC(F)(F)F)cc3s1)n2S. The average molecular weight is 554 g/mol. The van der Waals surface area contributed by atoms with E-state index in [-0.39, 0.29) is 12.0 Å². The normalized spacial score (nSPS) is 11.9. The summed E-state index contributed by atoms with van der Waals surface area (Å²) in [6.07, 6.45) is 1.97. The minimum absolute atomic E-state index is 0.0397. The third-order valence-electron chi connectivity index (χ3n) is 5.67. The van der Waals surface area contributed by atoms with E-state index in [9.17, 15) is 18.0 Å². The van der Waals surface area contributed by atoms with Crippen molar-refractivity contribution in [2.24, 2.45) is 0 Å². The third kappa shape index (κ3) is 7.48. The molecule has 198 valence electrons. The van der Waals surface area contributed by atoms with Crippen molar-refractivity contribution < 1.29 is 27.8 Å². The van der Waals surface area contributed by atoms with Gasteiger partial charge in [-0.25, -0.2) is 23.7 Å². The topological polar surface area (TPSA) is 102 Å². The van der Waals surface area contributed by atoms with Gasteiger partial charge in [0.2, 0.25) is 5.95 Å². The van der Waals surface area contributed by atoms with Gasteiger partial charge in [-0.15, -0.1) is 0 Å². The number of benzene rings is 1. The highest BCUT2D eigenvalue weighted by Gasteiger charge is 2.25. The molecule has 0 spiro atoms. The number of fused-ring (bicyclic) bond motifs is 2. The first-order valence-corrected chi connectivity index (χ1v) is 13.1. The highest BCUT2D eigenvalue weighted by Crippen LogP contribution is 2.32. The highest BCUT2D eigenvalue weighted by atomic mass is 32.1. The van der Waals surface area contributed by atoms with Crippen molar-refractivity contribution in [3.63, 3.8) is 0 Å². The molecular weight excluding hydrogens is 527 g/mol. The average Bonchev–Trinajstić information content (AvgIpc) is 3.38. The molecular formula is C24H26F3N5O3S2. The summed E-state index contributed by atoms with van der Waals surface area (Å²) in [5.41, 5.74) is 1.65. The van der Waals surface area contributed by atoms with Gasteiger partial charge in [-0.1, -0.05) is 56.3 Å². The standard InChI is InChI=1S/C24H26F3N5O3S2/c25-24(26,27)10-6-4-2-1-3-5-7-11-35-16-8-9-17-19(13-16)37-23(30-17)31-22-29-18-12-15(21(33)34)14-28-20(18)32(22)36/h8-9,12-14,36H,1-7,10-11H2,(H,33,34)(H,29,30,31). The lowest BCUT2D eigenvalue weighted by Gasteiger charge is -2.07. The minimum Gasteiger partial charge on any atom is -0.494 e. The Labute approximate surface area is 220 Å². The van der Waals surface area contributed by atoms with Crippen LogP contribution in [0.4, 0.5) is 24.3 Å². The van der Waals surface area contributed by atoms with E-state index in [0.29, 0.717) is 35.3 Å². The second-order valence-electron chi connectivity index (χ2n) is 8.58. The zero-order valence-electron chi connectivity index (χ0n) is 19.8.